The molecule has 2 aromatic rings. The Morgan fingerprint density at radius 2 is 1.64 bits per heavy atom. The van der Waals surface area contributed by atoms with Gasteiger partial charge in [-0.25, -0.2) is 0 Å². The standard InChI is InChI=1S/C19H19NO5/c1-12(21)15-7-8-17(24-2)16(9-15)10-18(22)25-11-13-3-5-14(6-4-13)19(20)23/h3-9H,10-11H2,1-2H3,(H2,20,23). The molecule has 1 amide bonds. The Kier molecular flexibility index (Phi) is 5.89. The third-order valence-corrected chi connectivity index (χ3v) is 3.66. The van der Waals surface area contributed by atoms with Gasteiger partial charge in [0.25, 0.3) is 0 Å². The van der Waals surface area contributed by atoms with E-state index >= 15 is 0 Å². The van der Waals surface area contributed by atoms with E-state index in [9.17, 15) is 14.4 Å². The van der Waals surface area contributed by atoms with E-state index in [4.69, 9.17) is 15.2 Å². The van der Waals surface area contributed by atoms with Crippen LogP contribution in [0.4, 0.5) is 0 Å². The average Bonchev–Trinajstić information content (AvgIpc) is 2.60. The van der Waals surface area contributed by atoms with E-state index in [-0.39, 0.29) is 18.8 Å². The summed E-state index contributed by atoms with van der Waals surface area (Å²) in [6.07, 6.45) is -0.0103. The summed E-state index contributed by atoms with van der Waals surface area (Å²) in [7, 11) is 1.50. The van der Waals surface area contributed by atoms with Gasteiger partial charge in [0, 0.05) is 16.7 Å². The highest BCUT2D eigenvalue weighted by molar-refractivity contribution is 5.94. The molecule has 2 aromatic carbocycles. The van der Waals surface area contributed by atoms with Crippen LogP contribution in [0.5, 0.6) is 5.75 Å². The van der Waals surface area contributed by atoms with E-state index in [1.807, 2.05) is 0 Å². The first-order valence-electron chi connectivity index (χ1n) is 7.63. The Balaban J connectivity index is 2.01. The minimum absolute atomic E-state index is 0.0103. The maximum Gasteiger partial charge on any atom is 0.310 e. The largest absolute Gasteiger partial charge is 0.496 e. The minimum atomic E-state index is -0.513. The second-order valence-electron chi connectivity index (χ2n) is 5.48. The van der Waals surface area contributed by atoms with E-state index in [0.717, 1.165) is 5.56 Å². The quantitative estimate of drug-likeness (QED) is 0.616. The lowest BCUT2D eigenvalue weighted by molar-refractivity contribution is -0.144. The zero-order valence-corrected chi connectivity index (χ0v) is 14.1. The van der Waals surface area contributed by atoms with Crippen LogP contribution in [0.2, 0.25) is 0 Å². The number of nitrogens with two attached hydrogens (primary N) is 1. The molecule has 25 heavy (non-hydrogen) atoms. The number of carbonyl (C=O) groups excluding carboxylic acids is 3. The fourth-order valence-electron chi connectivity index (χ4n) is 2.27. The van der Waals surface area contributed by atoms with E-state index in [2.05, 4.69) is 0 Å². The van der Waals surface area contributed by atoms with Gasteiger partial charge in [-0.2, -0.15) is 0 Å². The molecule has 0 radical (unpaired) electrons. The number of esters is 1. The van der Waals surface area contributed by atoms with Crippen LogP contribution < -0.4 is 10.5 Å². The van der Waals surface area contributed by atoms with Gasteiger partial charge in [0.2, 0.25) is 5.91 Å². The number of methoxy groups -OCH3 is 1. The highest BCUT2D eigenvalue weighted by Gasteiger charge is 2.13. The first-order valence-corrected chi connectivity index (χ1v) is 7.63. The van der Waals surface area contributed by atoms with Gasteiger partial charge in [-0.15, -0.1) is 0 Å². The molecule has 6 nitrogen and oxygen atoms in total. The number of ether oxygens (including phenoxy) is 2. The van der Waals surface area contributed by atoms with Crippen molar-refractivity contribution >= 4 is 17.7 Å². The smallest absolute Gasteiger partial charge is 0.310 e. The average molecular weight is 341 g/mol. The molecule has 0 aliphatic heterocycles. The fourth-order valence-corrected chi connectivity index (χ4v) is 2.27. The molecule has 6 heteroatoms. The lowest BCUT2D eigenvalue weighted by Gasteiger charge is -2.10. The molecule has 130 valence electrons. The van der Waals surface area contributed by atoms with Crippen LogP contribution in [-0.2, 0) is 22.6 Å². The van der Waals surface area contributed by atoms with Crippen molar-refractivity contribution in [2.75, 3.05) is 7.11 Å². The van der Waals surface area contributed by atoms with Crippen LogP contribution in [-0.4, -0.2) is 24.8 Å². The van der Waals surface area contributed by atoms with E-state index < -0.39 is 11.9 Å². The monoisotopic (exact) mass is 341 g/mol. The maximum atomic E-state index is 12.1. The molecular formula is C19H19NO5. The van der Waals surface area contributed by atoms with Gasteiger partial charge < -0.3 is 15.2 Å². The summed E-state index contributed by atoms with van der Waals surface area (Å²) in [5, 5.41) is 0. The summed E-state index contributed by atoms with van der Waals surface area (Å²) in [5.74, 6) is -0.529. The molecule has 0 atom stereocenters. The van der Waals surface area contributed by atoms with Crippen LogP contribution in [0.1, 0.15) is 38.8 Å². The minimum Gasteiger partial charge on any atom is -0.496 e. The molecule has 0 spiro atoms. The van der Waals surface area contributed by atoms with Gasteiger partial charge in [0.15, 0.2) is 5.78 Å². The predicted octanol–water partition coefficient (Wildman–Crippen LogP) is 2.28. The van der Waals surface area contributed by atoms with Crippen molar-refractivity contribution in [2.24, 2.45) is 5.73 Å². The number of rotatable bonds is 7. The molecule has 0 aromatic heterocycles. The lowest BCUT2D eigenvalue weighted by Crippen LogP contribution is -2.11. The van der Waals surface area contributed by atoms with Crippen molar-refractivity contribution in [3.63, 3.8) is 0 Å². The molecule has 0 saturated heterocycles. The number of Topliss-reactive ketones (excluding diaryl/α,β-unsaturated/α-hetero) is 1. The molecule has 0 aliphatic rings. The summed E-state index contributed by atoms with van der Waals surface area (Å²) in [6.45, 7) is 1.53. The summed E-state index contributed by atoms with van der Waals surface area (Å²) >= 11 is 0. The SMILES string of the molecule is COc1ccc(C(C)=O)cc1CC(=O)OCc1ccc(C(N)=O)cc1. The van der Waals surface area contributed by atoms with Crippen LogP contribution in [0.25, 0.3) is 0 Å². The molecule has 0 aliphatic carbocycles. The van der Waals surface area contributed by atoms with Crippen molar-refractivity contribution < 1.29 is 23.9 Å². The Bertz CT molecular complexity index is 796. The summed E-state index contributed by atoms with van der Waals surface area (Å²) in [5.41, 5.74) is 7.39. The highest BCUT2D eigenvalue weighted by atomic mass is 16.5. The van der Waals surface area contributed by atoms with Crippen LogP contribution in [0.3, 0.4) is 0 Å². The molecule has 0 fully saturated rings. The number of hydrogen-bond donors (Lipinski definition) is 1. The second-order valence-corrected chi connectivity index (χ2v) is 5.48. The molecule has 0 heterocycles. The fraction of sp³-hybridized carbons (Fsp3) is 0.211. The molecule has 2 rings (SSSR count). The first-order chi connectivity index (χ1) is 11.9. The van der Waals surface area contributed by atoms with Crippen LogP contribution in [0.15, 0.2) is 42.5 Å². The van der Waals surface area contributed by atoms with Crippen LogP contribution >= 0.6 is 0 Å². The molecule has 0 saturated carbocycles. The third-order valence-electron chi connectivity index (χ3n) is 3.66. The van der Waals surface area contributed by atoms with Crippen LogP contribution in [0, 0.1) is 0 Å². The summed E-state index contributed by atoms with van der Waals surface area (Å²) in [6, 6.07) is 11.4. The second kappa shape index (κ2) is 8.10. The number of carbonyl (C=O) groups is 3. The summed E-state index contributed by atoms with van der Waals surface area (Å²) < 4.78 is 10.5. The first kappa shape index (κ1) is 18.2. The van der Waals surface area contributed by atoms with Gasteiger partial charge in [-0.05, 0) is 42.8 Å². The summed E-state index contributed by atoms with van der Waals surface area (Å²) in [4.78, 5) is 34.6. The van der Waals surface area contributed by atoms with Crippen molar-refractivity contribution in [3.8, 4) is 5.75 Å². The Morgan fingerprint density at radius 1 is 1.00 bits per heavy atom. The van der Waals surface area contributed by atoms with Gasteiger partial charge >= 0.3 is 5.97 Å². The van der Waals surface area contributed by atoms with E-state index in [1.165, 1.54) is 14.0 Å². The van der Waals surface area contributed by atoms with Crippen molar-refractivity contribution in [1.82, 2.24) is 0 Å². The molecule has 0 unspecified atom stereocenters. The number of benzene rings is 2. The van der Waals surface area contributed by atoms with Gasteiger partial charge in [0.05, 0.1) is 13.5 Å². The number of hydrogen-bond acceptors (Lipinski definition) is 5. The van der Waals surface area contributed by atoms with Crippen molar-refractivity contribution in [2.45, 2.75) is 20.0 Å². The number of primary amides is 1. The van der Waals surface area contributed by atoms with Gasteiger partial charge in [0.1, 0.15) is 12.4 Å². The van der Waals surface area contributed by atoms with Crippen molar-refractivity contribution in [1.29, 1.82) is 0 Å². The Labute approximate surface area is 145 Å². The normalized spacial score (nSPS) is 10.2. The molecule has 0 bridgehead atoms. The van der Waals surface area contributed by atoms with E-state index in [1.54, 1.807) is 42.5 Å². The van der Waals surface area contributed by atoms with E-state index in [0.29, 0.717) is 22.4 Å². The Morgan fingerprint density at radius 3 is 2.20 bits per heavy atom. The Hall–Kier alpha value is -3.15. The van der Waals surface area contributed by atoms with Crippen molar-refractivity contribution in [3.05, 3.63) is 64.7 Å². The number of ketones is 1. The zero-order valence-electron chi connectivity index (χ0n) is 14.1. The predicted molar refractivity (Wildman–Crippen MR) is 91.5 cm³/mol. The lowest BCUT2D eigenvalue weighted by atomic mass is 10.0. The van der Waals surface area contributed by atoms with Gasteiger partial charge in [-0.1, -0.05) is 12.1 Å². The number of amides is 1. The topological polar surface area (TPSA) is 95.7 Å². The molecular weight excluding hydrogens is 322 g/mol. The maximum absolute atomic E-state index is 12.1. The highest BCUT2D eigenvalue weighted by Crippen LogP contribution is 2.21. The zero-order chi connectivity index (χ0) is 18.4. The third kappa shape index (κ3) is 4.91. The van der Waals surface area contributed by atoms with Gasteiger partial charge in [-0.3, -0.25) is 14.4 Å². The molecule has 2 N–H and O–H groups in total.